The maximum Gasteiger partial charge on any atom is 0.407 e. The van der Waals surface area contributed by atoms with Gasteiger partial charge in [-0.3, -0.25) is 0 Å². The molecule has 0 unspecified atom stereocenters. The number of alkyl carbamates (subject to hydrolysis) is 1. The molecule has 1 amide bonds. The van der Waals surface area contributed by atoms with Crippen molar-refractivity contribution in [3.8, 4) is 0 Å². The number of nitrogen functional groups attached to an aromatic ring is 1. The minimum Gasteiger partial charge on any atom is -0.478 e. The van der Waals surface area contributed by atoms with E-state index in [2.05, 4.69) is 10.3 Å². The summed E-state index contributed by atoms with van der Waals surface area (Å²) in [7, 11) is 0. The van der Waals surface area contributed by atoms with Crippen LogP contribution in [-0.2, 0) is 11.3 Å². The van der Waals surface area contributed by atoms with Crippen LogP contribution in [0.5, 0.6) is 0 Å². The van der Waals surface area contributed by atoms with E-state index in [9.17, 15) is 9.59 Å². The first-order chi connectivity index (χ1) is 11.6. The number of pyridine rings is 1. The first-order valence-corrected chi connectivity index (χ1v) is 7.16. The standard InChI is InChI=1S/C17H17N3O4/c18-15-14(16(21)22)9-13(10-20-15)7-4-8-19-17(23)24-11-12-5-2-1-3-6-12/h1-7,9-10H,8,11H2,(H2,18,20)(H,19,23)(H,21,22). The lowest BCUT2D eigenvalue weighted by Crippen LogP contribution is -2.24. The Morgan fingerprint density at radius 3 is 2.75 bits per heavy atom. The van der Waals surface area contributed by atoms with Crippen molar-refractivity contribution in [2.75, 3.05) is 12.3 Å². The molecule has 0 aliphatic rings. The Labute approximate surface area is 138 Å². The minimum absolute atomic E-state index is 0.0396. The molecule has 24 heavy (non-hydrogen) atoms. The highest BCUT2D eigenvalue weighted by atomic mass is 16.5. The van der Waals surface area contributed by atoms with E-state index in [4.69, 9.17) is 15.6 Å². The zero-order valence-electron chi connectivity index (χ0n) is 12.8. The van der Waals surface area contributed by atoms with Gasteiger partial charge in [0, 0.05) is 12.7 Å². The summed E-state index contributed by atoms with van der Waals surface area (Å²) in [4.78, 5) is 26.3. The molecule has 0 bridgehead atoms. The molecule has 0 atom stereocenters. The molecule has 1 aromatic carbocycles. The highest BCUT2D eigenvalue weighted by Crippen LogP contribution is 2.11. The Kier molecular flexibility index (Phi) is 5.90. The van der Waals surface area contributed by atoms with Crippen molar-refractivity contribution in [1.82, 2.24) is 10.3 Å². The number of carbonyl (C=O) groups is 2. The number of nitrogens with one attached hydrogen (secondary N) is 1. The van der Waals surface area contributed by atoms with E-state index in [-0.39, 0.29) is 24.5 Å². The zero-order chi connectivity index (χ0) is 17.4. The summed E-state index contributed by atoms with van der Waals surface area (Å²) in [6, 6.07) is 10.8. The lowest BCUT2D eigenvalue weighted by molar-refractivity contribution is 0.0697. The monoisotopic (exact) mass is 327 g/mol. The van der Waals surface area contributed by atoms with Gasteiger partial charge in [-0.15, -0.1) is 0 Å². The molecule has 0 fully saturated rings. The summed E-state index contributed by atoms with van der Waals surface area (Å²) in [5.74, 6) is -1.18. The molecule has 2 aromatic rings. The van der Waals surface area contributed by atoms with Crippen molar-refractivity contribution >= 4 is 24.0 Å². The largest absolute Gasteiger partial charge is 0.478 e. The topological polar surface area (TPSA) is 115 Å². The zero-order valence-corrected chi connectivity index (χ0v) is 12.8. The smallest absolute Gasteiger partial charge is 0.407 e. The fourth-order valence-corrected chi connectivity index (χ4v) is 1.87. The lowest BCUT2D eigenvalue weighted by Gasteiger charge is -2.05. The number of hydrogen-bond donors (Lipinski definition) is 3. The number of nitrogens with two attached hydrogens (primary N) is 1. The van der Waals surface area contributed by atoms with Crippen LogP contribution < -0.4 is 11.1 Å². The van der Waals surface area contributed by atoms with E-state index in [0.717, 1.165) is 5.56 Å². The number of aromatic carboxylic acids is 1. The van der Waals surface area contributed by atoms with E-state index in [1.165, 1.54) is 12.3 Å². The van der Waals surface area contributed by atoms with E-state index in [1.54, 1.807) is 12.2 Å². The third kappa shape index (κ3) is 5.13. The maximum absolute atomic E-state index is 11.5. The van der Waals surface area contributed by atoms with E-state index < -0.39 is 12.1 Å². The van der Waals surface area contributed by atoms with E-state index in [1.807, 2.05) is 30.3 Å². The van der Waals surface area contributed by atoms with Gasteiger partial charge in [-0.25, -0.2) is 14.6 Å². The van der Waals surface area contributed by atoms with Crippen molar-refractivity contribution < 1.29 is 19.4 Å². The number of benzene rings is 1. The second kappa shape index (κ2) is 8.33. The number of ether oxygens (including phenoxy) is 1. The van der Waals surface area contributed by atoms with Crippen LogP contribution in [0.4, 0.5) is 10.6 Å². The molecular formula is C17H17N3O4. The first-order valence-electron chi connectivity index (χ1n) is 7.16. The molecule has 7 heteroatoms. The summed E-state index contributed by atoms with van der Waals surface area (Å²) in [5, 5.41) is 11.5. The lowest BCUT2D eigenvalue weighted by atomic mass is 10.2. The SMILES string of the molecule is Nc1ncc(C=CCNC(=O)OCc2ccccc2)cc1C(=O)O. The van der Waals surface area contributed by atoms with E-state index >= 15 is 0 Å². The van der Waals surface area contributed by atoms with Crippen molar-refractivity contribution in [2.24, 2.45) is 0 Å². The minimum atomic E-state index is -1.14. The summed E-state index contributed by atoms with van der Waals surface area (Å²) in [6.07, 6.45) is 4.20. The molecule has 7 nitrogen and oxygen atoms in total. The molecule has 0 saturated carbocycles. The fourth-order valence-electron chi connectivity index (χ4n) is 1.87. The van der Waals surface area contributed by atoms with Crippen LogP contribution in [0.25, 0.3) is 6.08 Å². The van der Waals surface area contributed by atoms with Gasteiger partial charge in [-0.05, 0) is 17.2 Å². The number of anilines is 1. The van der Waals surface area contributed by atoms with Crippen molar-refractivity contribution in [2.45, 2.75) is 6.61 Å². The fraction of sp³-hybridized carbons (Fsp3) is 0.118. The molecule has 124 valence electrons. The first kappa shape index (κ1) is 17.0. The highest BCUT2D eigenvalue weighted by Gasteiger charge is 2.08. The molecule has 0 spiro atoms. The average molecular weight is 327 g/mol. The molecule has 1 heterocycles. The quantitative estimate of drug-likeness (QED) is 0.750. The van der Waals surface area contributed by atoms with Gasteiger partial charge in [0.05, 0.1) is 0 Å². The van der Waals surface area contributed by atoms with Gasteiger partial charge < -0.3 is 20.9 Å². The Morgan fingerprint density at radius 1 is 1.29 bits per heavy atom. The van der Waals surface area contributed by atoms with Gasteiger partial charge in [0.15, 0.2) is 0 Å². The van der Waals surface area contributed by atoms with Crippen molar-refractivity contribution in [3.05, 3.63) is 65.4 Å². The summed E-state index contributed by atoms with van der Waals surface area (Å²) >= 11 is 0. The number of aromatic nitrogens is 1. The van der Waals surface area contributed by atoms with Crippen molar-refractivity contribution in [3.63, 3.8) is 0 Å². The van der Waals surface area contributed by atoms with Crippen LogP contribution in [-0.4, -0.2) is 28.7 Å². The number of carbonyl (C=O) groups excluding carboxylic acids is 1. The van der Waals surface area contributed by atoms with Gasteiger partial charge in [0.2, 0.25) is 0 Å². The Bertz CT molecular complexity index is 745. The predicted molar refractivity (Wildman–Crippen MR) is 89.3 cm³/mol. The molecule has 4 N–H and O–H groups in total. The molecular weight excluding hydrogens is 310 g/mol. The molecule has 0 radical (unpaired) electrons. The Morgan fingerprint density at radius 2 is 2.04 bits per heavy atom. The average Bonchev–Trinajstić information content (AvgIpc) is 2.59. The van der Waals surface area contributed by atoms with Crippen LogP contribution >= 0.6 is 0 Å². The summed E-state index contributed by atoms with van der Waals surface area (Å²) in [6.45, 7) is 0.431. The van der Waals surface area contributed by atoms with Gasteiger partial charge in [0.25, 0.3) is 0 Å². The molecule has 0 aliphatic heterocycles. The number of hydrogen-bond acceptors (Lipinski definition) is 5. The predicted octanol–water partition coefficient (Wildman–Crippen LogP) is 2.30. The number of amides is 1. The molecule has 2 rings (SSSR count). The second-order valence-electron chi connectivity index (χ2n) is 4.85. The normalized spacial score (nSPS) is 10.5. The highest BCUT2D eigenvalue weighted by molar-refractivity contribution is 5.93. The van der Waals surface area contributed by atoms with Crippen LogP contribution in [0.1, 0.15) is 21.5 Å². The number of carboxylic acids is 1. The number of nitrogens with zero attached hydrogens (tertiary/aromatic N) is 1. The number of carboxylic acid groups (broad SMARTS) is 1. The summed E-state index contributed by atoms with van der Waals surface area (Å²) < 4.78 is 5.06. The molecule has 0 aliphatic carbocycles. The van der Waals surface area contributed by atoms with Gasteiger partial charge in [0.1, 0.15) is 18.0 Å². The maximum atomic E-state index is 11.5. The number of rotatable bonds is 6. The van der Waals surface area contributed by atoms with Crippen LogP contribution in [0.15, 0.2) is 48.7 Å². The van der Waals surface area contributed by atoms with Gasteiger partial charge in [-0.1, -0.05) is 42.5 Å². The van der Waals surface area contributed by atoms with Crippen LogP contribution in [0.3, 0.4) is 0 Å². The van der Waals surface area contributed by atoms with Gasteiger partial charge in [-0.2, -0.15) is 0 Å². The van der Waals surface area contributed by atoms with Crippen LogP contribution in [0.2, 0.25) is 0 Å². The Hall–Kier alpha value is -3.35. The second-order valence-corrected chi connectivity index (χ2v) is 4.85. The Balaban J connectivity index is 1.79. The van der Waals surface area contributed by atoms with E-state index in [0.29, 0.717) is 5.56 Å². The summed E-state index contributed by atoms with van der Waals surface area (Å²) in [5.41, 5.74) is 6.88. The third-order valence-corrected chi connectivity index (χ3v) is 3.06. The third-order valence-electron chi connectivity index (χ3n) is 3.06. The molecule has 0 saturated heterocycles. The molecule has 1 aromatic heterocycles. The van der Waals surface area contributed by atoms with Crippen molar-refractivity contribution in [1.29, 1.82) is 0 Å². The van der Waals surface area contributed by atoms with Crippen LogP contribution in [0, 0.1) is 0 Å². The van der Waals surface area contributed by atoms with Gasteiger partial charge >= 0.3 is 12.1 Å².